The number of hydrogen-bond acceptors (Lipinski definition) is 4. The number of rotatable bonds is 2. The molecule has 2 rings (SSSR count). The molecule has 4 nitrogen and oxygen atoms in total. The van der Waals surface area contributed by atoms with Crippen molar-refractivity contribution in [2.75, 3.05) is 18.0 Å². The predicted molar refractivity (Wildman–Crippen MR) is 67.6 cm³/mol. The molecule has 1 aliphatic rings. The Bertz CT molecular complexity index is 397. The van der Waals surface area contributed by atoms with Gasteiger partial charge < -0.3 is 15.7 Å². The van der Waals surface area contributed by atoms with Gasteiger partial charge in [0, 0.05) is 25.0 Å². The van der Waals surface area contributed by atoms with Crippen LogP contribution in [-0.2, 0) is 0 Å². The molecule has 2 heterocycles. The molecule has 1 aliphatic heterocycles. The molecule has 1 aromatic heterocycles. The lowest BCUT2D eigenvalue weighted by Crippen LogP contribution is -2.38. The van der Waals surface area contributed by atoms with E-state index in [2.05, 4.69) is 9.88 Å². The van der Waals surface area contributed by atoms with E-state index in [0.717, 1.165) is 25.1 Å². The first kappa shape index (κ1) is 11.3. The van der Waals surface area contributed by atoms with Crippen LogP contribution in [0.4, 0.5) is 5.69 Å². The van der Waals surface area contributed by atoms with Gasteiger partial charge in [-0.25, -0.2) is 0 Å². The summed E-state index contributed by atoms with van der Waals surface area (Å²) in [6.07, 6.45) is 3.34. The number of pyridine rings is 1. The van der Waals surface area contributed by atoms with E-state index in [-0.39, 0.29) is 6.10 Å². The third-order valence-corrected chi connectivity index (χ3v) is 2.97. The number of aliphatic hydroxyl groups excluding tert-OH is 1. The van der Waals surface area contributed by atoms with Gasteiger partial charge in [0.25, 0.3) is 0 Å². The molecule has 1 fully saturated rings. The van der Waals surface area contributed by atoms with Gasteiger partial charge in [0.2, 0.25) is 0 Å². The summed E-state index contributed by atoms with van der Waals surface area (Å²) in [5.41, 5.74) is 7.20. The molecular weight excluding hydrogens is 222 g/mol. The zero-order valence-electron chi connectivity index (χ0n) is 8.97. The molecule has 86 valence electrons. The number of hydrogen-bond donors (Lipinski definition) is 2. The summed E-state index contributed by atoms with van der Waals surface area (Å²) in [4.78, 5) is 6.54. The average Bonchev–Trinajstić information content (AvgIpc) is 2.29. The summed E-state index contributed by atoms with van der Waals surface area (Å²) in [6.45, 7) is 1.62. The van der Waals surface area contributed by atoms with Crippen molar-refractivity contribution >= 4 is 22.9 Å². The van der Waals surface area contributed by atoms with Crippen LogP contribution in [0.25, 0.3) is 0 Å². The molecule has 0 bridgehead atoms. The van der Waals surface area contributed by atoms with E-state index < -0.39 is 0 Å². The summed E-state index contributed by atoms with van der Waals surface area (Å²) < 4.78 is 0. The Labute approximate surface area is 100 Å². The van der Waals surface area contributed by atoms with E-state index in [0.29, 0.717) is 17.2 Å². The fourth-order valence-electron chi connectivity index (χ4n) is 1.94. The first-order valence-corrected chi connectivity index (χ1v) is 5.76. The van der Waals surface area contributed by atoms with Gasteiger partial charge in [0.1, 0.15) is 4.99 Å². The lowest BCUT2D eigenvalue weighted by Gasteiger charge is -2.32. The monoisotopic (exact) mass is 237 g/mol. The second kappa shape index (κ2) is 4.76. The second-order valence-corrected chi connectivity index (χ2v) is 4.45. The number of anilines is 1. The van der Waals surface area contributed by atoms with Crippen molar-refractivity contribution in [1.82, 2.24) is 4.98 Å². The maximum atomic E-state index is 9.61. The molecule has 16 heavy (non-hydrogen) atoms. The van der Waals surface area contributed by atoms with Crippen LogP contribution >= 0.6 is 12.2 Å². The molecule has 0 saturated carbocycles. The second-order valence-electron chi connectivity index (χ2n) is 4.01. The van der Waals surface area contributed by atoms with Crippen LogP contribution in [0.3, 0.4) is 0 Å². The van der Waals surface area contributed by atoms with Crippen LogP contribution in [0.15, 0.2) is 18.3 Å². The van der Waals surface area contributed by atoms with E-state index in [9.17, 15) is 5.11 Å². The normalized spacial score (nSPS) is 20.8. The Hall–Kier alpha value is -1.20. The smallest absolute Gasteiger partial charge is 0.122 e. The first-order chi connectivity index (χ1) is 7.66. The highest BCUT2D eigenvalue weighted by Gasteiger charge is 2.18. The number of nitrogens with two attached hydrogens (primary N) is 1. The average molecular weight is 237 g/mol. The van der Waals surface area contributed by atoms with Crippen molar-refractivity contribution in [2.24, 2.45) is 5.73 Å². The van der Waals surface area contributed by atoms with E-state index in [1.807, 2.05) is 12.1 Å². The maximum Gasteiger partial charge on any atom is 0.122 e. The Morgan fingerprint density at radius 3 is 3.12 bits per heavy atom. The van der Waals surface area contributed by atoms with Crippen LogP contribution in [-0.4, -0.2) is 34.3 Å². The topological polar surface area (TPSA) is 62.4 Å². The predicted octanol–water partition coefficient (Wildman–Crippen LogP) is 0.677. The molecule has 1 aromatic rings. The number of nitrogens with zero attached hydrogens (tertiary/aromatic N) is 2. The van der Waals surface area contributed by atoms with Gasteiger partial charge >= 0.3 is 0 Å². The molecule has 0 amide bonds. The Morgan fingerprint density at radius 1 is 1.62 bits per heavy atom. The van der Waals surface area contributed by atoms with Gasteiger partial charge in [-0.15, -0.1) is 0 Å². The highest BCUT2D eigenvalue weighted by Crippen LogP contribution is 2.20. The number of aliphatic hydroxyl groups is 1. The van der Waals surface area contributed by atoms with Crippen LogP contribution in [0.5, 0.6) is 0 Å². The molecule has 3 N–H and O–H groups in total. The minimum Gasteiger partial charge on any atom is -0.391 e. The van der Waals surface area contributed by atoms with Gasteiger partial charge in [0.05, 0.1) is 11.8 Å². The lowest BCUT2D eigenvalue weighted by molar-refractivity contribution is 0.154. The third kappa shape index (κ3) is 2.48. The van der Waals surface area contributed by atoms with Crippen LogP contribution in [0.1, 0.15) is 18.5 Å². The fraction of sp³-hybridized carbons (Fsp3) is 0.455. The summed E-state index contributed by atoms with van der Waals surface area (Å²) >= 11 is 4.89. The molecule has 0 spiro atoms. The van der Waals surface area contributed by atoms with Gasteiger partial charge in [-0.2, -0.15) is 0 Å². The summed E-state index contributed by atoms with van der Waals surface area (Å²) in [5.74, 6) is 0. The number of piperidine rings is 1. The zero-order chi connectivity index (χ0) is 11.5. The fourth-order valence-corrected chi connectivity index (χ4v) is 2.05. The van der Waals surface area contributed by atoms with Gasteiger partial charge in [-0.1, -0.05) is 12.2 Å². The van der Waals surface area contributed by atoms with Crippen molar-refractivity contribution < 1.29 is 5.11 Å². The molecule has 0 radical (unpaired) electrons. The number of aromatic nitrogens is 1. The van der Waals surface area contributed by atoms with Crippen molar-refractivity contribution in [1.29, 1.82) is 0 Å². The third-order valence-electron chi connectivity index (χ3n) is 2.76. The molecule has 0 aliphatic carbocycles. The van der Waals surface area contributed by atoms with E-state index in [4.69, 9.17) is 18.0 Å². The lowest BCUT2D eigenvalue weighted by atomic mass is 10.1. The zero-order valence-corrected chi connectivity index (χ0v) is 9.78. The molecule has 0 aromatic carbocycles. The van der Waals surface area contributed by atoms with Crippen LogP contribution < -0.4 is 10.6 Å². The highest BCUT2D eigenvalue weighted by atomic mass is 32.1. The molecule has 1 atom stereocenters. The Morgan fingerprint density at radius 2 is 2.44 bits per heavy atom. The van der Waals surface area contributed by atoms with E-state index >= 15 is 0 Å². The quantitative estimate of drug-likeness (QED) is 0.741. The van der Waals surface area contributed by atoms with Gasteiger partial charge in [-0.05, 0) is 25.0 Å². The highest BCUT2D eigenvalue weighted by molar-refractivity contribution is 7.80. The van der Waals surface area contributed by atoms with Crippen molar-refractivity contribution in [2.45, 2.75) is 18.9 Å². The van der Waals surface area contributed by atoms with E-state index in [1.54, 1.807) is 6.20 Å². The molecule has 5 heteroatoms. The first-order valence-electron chi connectivity index (χ1n) is 5.35. The SMILES string of the molecule is NC(=S)c1cc(N2CCCC(O)C2)ccn1. The van der Waals surface area contributed by atoms with Crippen molar-refractivity contribution in [3.63, 3.8) is 0 Å². The minimum absolute atomic E-state index is 0.241. The minimum atomic E-state index is -0.241. The molecule has 1 unspecified atom stereocenters. The largest absolute Gasteiger partial charge is 0.391 e. The van der Waals surface area contributed by atoms with Gasteiger partial charge in [0.15, 0.2) is 0 Å². The summed E-state index contributed by atoms with van der Waals surface area (Å²) in [6, 6.07) is 3.79. The Kier molecular flexibility index (Phi) is 3.36. The summed E-state index contributed by atoms with van der Waals surface area (Å²) in [5, 5.41) is 9.61. The van der Waals surface area contributed by atoms with Crippen molar-refractivity contribution in [3.05, 3.63) is 24.0 Å². The Balaban J connectivity index is 2.19. The number of thiocarbonyl (C=S) groups is 1. The van der Waals surface area contributed by atoms with Crippen LogP contribution in [0, 0.1) is 0 Å². The molecular formula is C11H15N3OS. The van der Waals surface area contributed by atoms with Gasteiger partial charge in [-0.3, -0.25) is 4.98 Å². The summed E-state index contributed by atoms with van der Waals surface area (Å²) in [7, 11) is 0. The molecule has 1 saturated heterocycles. The number of β-amino-alcohol motifs (C(OH)–C–C–N with tert-alkyl or cyclic N) is 1. The van der Waals surface area contributed by atoms with Crippen molar-refractivity contribution in [3.8, 4) is 0 Å². The van der Waals surface area contributed by atoms with Crippen LogP contribution in [0.2, 0.25) is 0 Å². The standard InChI is InChI=1S/C11H15N3OS/c12-11(16)10-6-8(3-4-13-10)14-5-1-2-9(15)7-14/h3-4,6,9,15H,1-2,5,7H2,(H2,12,16). The van der Waals surface area contributed by atoms with E-state index in [1.165, 1.54) is 0 Å². The maximum absolute atomic E-state index is 9.61.